The Morgan fingerprint density at radius 3 is 2.24 bits per heavy atom. The third-order valence-electron chi connectivity index (χ3n) is 3.83. The lowest BCUT2D eigenvalue weighted by atomic mass is 10.0. The molecule has 0 spiro atoms. The highest BCUT2D eigenvalue weighted by Gasteiger charge is 2.06. The molecule has 4 nitrogen and oxygen atoms in total. The highest BCUT2D eigenvalue weighted by atomic mass is 35.5. The average molecular weight is 359 g/mol. The fourth-order valence-electron chi connectivity index (χ4n) is 2.33. The quantitative estimate of drug-likeness (QED) is 0.710. The van der Waals surface area contributed by atoms with Gasteiger partial charge in [-0.1, -0.05) is 37.6 Å². The fourth-order valence-corrected chi connectivity index (χ4v) is 2.46. The topological polar surface area (TPSA) is 58.2 Å². The van der Waals surface area contributed by atoms with E-state index in [0.717, 1.165) is 5.69 Å². The molecule has 2 N–H and O–H groups in total. The van der Waals surface area contributed by atoms with Crippen molar-refractivity contribution in [1.29, 1.82) is 0 Å². The van der Waals surface area contributed by atoms with Gasteiger partial charge in [-0.05, 0) is 54.3 Å². The summed E-state index contributed by atoms with van der Waals surface area (Å²) in [4.78, 5) is 23.9. The summed E-state index contributed by atoms with van der Waals surface area (Å²) in [5.41, 5.74) is 2.58. The molecule has 0 heterocycles. The van der Waals surface area contributed by atoms with Crippen molar-refractivity contribution in [3.63, 3.8) is 0 Å². The summed E-state index contributed by atoms with van der Waals surface area (Å²) in [6.45, 7) is 4.71. The Kier molecular flexibility index (Phi) is 7.02. The number of carbonyl (C=O) groups excluding carboxylic acids is 2. The van der Waals surface area contributed by atoms with Crippen LogP contribution in [-0.2, 0) is 4.79 Å². The Balaban J connectivity index is 1.69. The second-order valence-electron chi connectivity index (χ2n) is 6.19. The number of halogens is 1. The van der Waals surface area contributed by atoms with Crippen molar-refractivity contribution < 1.29 is 9.59 Å². The number of nitrogens with one attached hydrogen (secondary N) is 2. The van der Waals surface area contributed by atoms with Gasteiger partial charge in [0.05, 0.1) is 0 Å². The Labute approximate surface area is 153 Å². The van der Waals surface area contributed by atoms with Crippen LogP contribution in [0.2, 0.25) is 5.02 Å². The maximum atomic E-state index is 11.9. The van der Waals surface area contributed by atoms with E-state index in [1.807, 2.05) is 24.3 Å². The van der Waals surface area contributed by atoms with E-state index in [4.69, 9.17) is 11.6 Å². The molecule has 0 atom stereocenters. The average Bonchev–Trinajstić information content (AvgIpc) is 2.59. The molecular formula is C20H23ClN2O2. The van der Waals surface area contributed by atoms with Crippen LogP contribution in [0.5, 0.6) is 0 Å². The van der Waals surface area contributed by atoms with Gasteiger partial charge >= 0.3 is 0 Å². The van der Waals surface area contributed by atoms with Crippen molar-refractivity contribution in [1.82, 2.24) is 5.32 Å². The Morgan fingerprint density at radius 1 is 1.00 bits per heavy atom. The van der Waals surface area contributed by atoms with Crippen molar-refractivity contribution in [2.75, 3.05) is 11.9 Å². The zero-order valence-corrected chi connectivity index (χ0v) is 15.3. The van der Waals surface area contributed by atoms with Crippen molar-refractivity contribution in [2.45, 2.75) is 32.6 Å². The first-order valence-electron chi connectivity index (χ1n) is 8.39. The molecule has 2 aromatic rings. The molecular weight excluding hydrogens is 336 g/mol. The Morgan fingerprint density at radius 2 is 1.64 bits per heavy atom. The maximum absolute atomic E-state index is 11.9. The molecule has 2 aromatic carbocycles. The number of rotatable bonds is 7. The minimum absolute atomic E-state index is 0.0574. The molecule has 0 aliphatic carbocycles. The number of amides is 2. The van der Waals surface area contributed by atoms with E-state index in [2.05, 4.69) is 24.5 Å². The first kappa shape index (κ1) is 19.0. The summed E-state index contributed by atoms with van der Waals surface area (Å²) in [7, 11) is 0. The van der Waals surface area contributed by atoms with E-state index in [1.54, 1.807) is 24.3 Å². The first-order chi connectivity index (χ1) is 12.0. The van der Waals surface area contributed by atoms with Gasteiger partial charge < -0.3 is 10.6 Å². The lowest BCUT2D eigenvalue weighted by Gasteiger charge is -2.09. The van der Waals surface area contributed by atoms with E-state index in [1.165, 1.54) is 5.56 Å². The SMILES string of the molecule is CC(C)c1ccc(NC(=O)CCCNC(=O)c2ccc(Cl)cc2)cc1. The molecule has 0 saturated heterocycles. The van der Waals surface area contributed by atoms with Gasteiger partial charge in [-0.2, -0.15) is 0 Å². The van der Waals surface area contributed by atoms with Crippen LogP contribution in [0.15, 0.2) is 48.5 Å². The van der Waals surface area contributed by atoms with Gasteiger partial charge in [0.15, 0.2) is 0 Å². The predicted molar refractivity (Wildman–Crippen MR) is 102 cm³/mol. The molecule has 0 unspecified atom stereocenters. The van der Waals surface area contributed by atoms with Gasteiger partial charge in [0, 0.05) is 29.2 Å². The smallest absolute Gasteiger partial charge is 0.251 e. The largest absolute Gasteiger partial charge is 0.352 e. The van der Waals surface area contributed by atoms with Gasteiger partial charge in [0.2, 0.25) is 5.91 Å². The van der Waals surface area contributed by atoms with Gasteiger partial charge in [0.25, 0.3) is 5.91 Å². The molecule has 0 aliphatic rings. The van der Waals surface area contributed by atoms with Gasteiger partial charge in [-0.15, -0.1) is 0 Å². The van der Waals surface area contributed by atoms with Crippen LogP contribution in [0, 0.1) is 0 Å². The highest BCUT2D eigenvalue weighted by Crippen LogP contribution is 2.17. The second kappa shape index (κ2) is 9.23. The van der Waals surface area contributed by atoms with Crippen LogP contribution >= 0.6 is 11.6 Å². The number of hydrogen-bond acceptors (Lipinski definition) is 2. The molecule has 0 aliphatic heterocycles. The number of carbonyl (C=O) groups is 2. The third-order valence-corrected chi connectivity index (χ3v) is 4.09. The van der Waals surface area contributed by atoms with Crippen molar-refractivity contribution >= 4 is 29.1 Å². The van der Waals surface area contributed by atoms with Crippen LogP contribution in [-0.4, -0.2) is 18.4 Å². The molecule has 0 aromatic heterocycles. The summed E-state index contributed by atoms with van der Waals surface area (Å²) in [5, 5.41) is 6.26. The van der Waals surface area contributed by atoms with Crippen LogP contribution in [0.1, 0.15) is 48.5 Å². The second-order valence-corrected chi connectivity index (χ2v) is 6.63. The molecule has 0 fully saturated rings. The standard InChI is InChI=1S/C20H23ClN2O2/c1-14(2)15-7-11-18(12-8-15)23-19(24)4-3-13-22-20(25)16-5-9-17(21)10-6-16/h5-12,14H,3-4,13H2,1-2H3,(H,22,25)(H,23,24). The molecule has 2 rings (SSSR count). The summed E-state index contributed by atoms with van der Waals surface area (Å²) in [5.74, 6) is 0.244. The number of benzene rings is 2. The van der Waals surface area contributed by atoms with E-state index >= 15 is 0 Å². The zero-order valence-electron chi connectivity index (χ0n) is 14.5. The predicted octanol–water partition coefficient (Wildman–Crippen LogP) is 4.61. The minimum atomic E-state index is -0.165. The number of anilines is 1. The highest BCUT2D eigenvalue weighted by molar-refractivity contribution is 6.30. The Bertz CT molecular complexity index is 709. The van der Waals surface area contributed by atoms with Crippen LogP contribution in [0.25, 0.3) is 0 Å². The van der Waals surface area contributed by atoms with Gasteiger partial charge in [-0.25, -0.2) is 0 Å². The molecule has 0 saturated carbocycles. The Hall–Kier alpha value is -2.33. The van der Waals surface area contributed by atoms with Crippen LogP contribution in [0.4, 0.5) is 5.69 Å². The lowest BCUT2D eigenvalue weighted by molar-refractivity contribution is -0.116. The molecule has 5 heteroatoms. The lowest BCUT2D eigenvalue weighted by Crippen LogP contribution is -2.25. The van der Waals surface area contributed by atoms with Crippen molar-refractivity contribution in [3.8, 4) is 0 Å². The van der Waals surface area contributed by atoms with Gasteiger partial charge in [0.1, 0.15) is 0 Å². The molecule has 132 valence electrons. The number of hydrogen-bond donors (Lipinski definition) is 2. The third kappa shape index (κ3) is 6.24. The zero-order chi connectivity index (χ0) is 18.2. The van der Waals surface area contributed by atoms with Crippen molar-refractivity contribution in [2.24, 2.45) is 0 Å². The normalized spacial score (nSPS) is 10.6. The summed E-state index contributed by atoms with van der Waals surface area (Å²) in [6.07, 6.45) is 0.933. The monoisotopic (exact) mass is 358 g/mol. The molecule has 0 bridgehead atoms. The van der Waals surface area contributed by atoms with E-state index < -0.39 is 0 Å². The molecule has 25 heavy (non-hydrogen) atoms. The first-order valence-corrected chi connectivity index (χ1v) is 8.77. The van der Waals surface area contributed by atoms with Gasteiger partial charge in [-0.3, -0.25) is 9.59 Å². The summed E-state index contributed by atoms with van der Waals surface area (Å²) < 4.78 is 0. The summed E-state index contributed by atoms with van der Waals surface area (Å²) in [6, 6.07) is 14.6. The van der Waals surface area contributed by atoms with Crippen LogP contribution in [0.3, 0.4) is 0 Å². The van der Waals surface area contributed by atoms with Crippen molar-refractivity contribution in [3.05, 3.63) is 64.7 Å². The minimum Gasteiger partial charge on any atom is -0.352 e. The fraction of sp³-hybridized carbons (Fsp3) is 0.300. The van der Waals surface area contributed by atoms with Crippen LogP contribution < -0.4 is 10.6 Å². The van der Waals surface area contributed by atoms with E-state index in [-0.39, 0.29) is 11.8 Å². The molecule has 2 amide bonds. The maximum Gasteiger partial charge on any atom is 0.251 e. The van der Waals surface area contributed by atoms with E-state index in [0.29, 0.717) is 35.9 Å². The molecule has 0 radical (unpaired) electrons. The summed E-state index contributed by atoms with van der Waals surface area (Å²) >= 11 is 5.79. The van der Waals surface area contributed by atoms with E-state index in [9.17, 15) is 9.59 Å².